The summed E-state index contributed by atoms with van der Waals surface area (Å²) in [5.74, 6) is 0.124. The Morgan fingerprint density at radius 2 is 1.93 bits per heavy atom. The summed E-state index contributed by atoms with van der Waals surface area (Å²) < 4.78 is 16.3. The van der Waals surface area contributed by atoms with Gasteiger partial charge in [-0.3, -0.25) is 4.79 Å². The first-order valence-corrected chi connectivity index (χ1v) is 10.2. The summed E-state index contributed by atoms with van der Waals surface area (Å²) in [5, 5.41) is 4.03. The predicted molar refractivity (Wildman–Crippen MR) is 118 cm³/mol. The van der Waals surface area contributed by atoms with E-state index in [9.17, 15) is 9.59 Å². The number of hydrogen-bond donors (Lipinski definition) is 1. The number of halogens is 1. The zero-order chi connectivity index (χ0) is 22.1. The maximum atomic E-state index is 12.2. The minimum absolute atomic E-state index is 0.208. The Morgan fingerprint density at radius 3 is 2.60 bits per heavy atom. The van der Waals surface area contributed by atoms with E-state index in [0.717, 1.165) is 16.7 Å². The summed E-state index contributed by atoms with van der Waals surface area (Å²) in [6, 6.07) is 9.43. The fourth-order valence-electron chi connectivity index (χ4n) is 2.69. The Labute approximate surface area is 184 Å². The highest BCUT2D eigenvalue weighted by molar-refractivity contribution is 9.10. The lowest BCUT2D eigenvalue weighted by Crippen LogP contribution is -2.20. The second-order valence-corrected chi connectivity index (χ2v) is 7.38. The third-order valence-corrected chi connectivity index (χ3v) is 4.73. The zero-order valence-corrected chi connectivity index (χ0v) is 19.0. The molecule has 30 heavy (non-hydrogen) atoms. The topological polar surface area (TPSA) is 86.2 Å². The van der Waals surface area contributed by atoms with Crippen LogP contribution in [0.2, 0.25) is 0 Å². The van der Waals surface area contributed by atoms with Crippen LogP contribution in [0.5, 0.6) is 11.5 Å². The van der Waals surface area contributed by atoms with Crippen molar-refractivity contribution >= 4 is 34.0 Å². The van der Waals surface area contributed by atoms with E-state index in [1.54, 1.807) is 12.1 Å². The maximum absolute atomic E-state index is 12.2. The molecule has 0 aromatic heterocycles. The number of methoxy groups -OCH3 is 1. The fourth-order valence-corrected chi connectivity index (χ4v) is 3.27. The Hall–Kier alpha value is -2.87. The molecule has 0 aliphatic rings. The number of benzene rings is 2. The molecule has 0 fully saturated rings. The van der Waals surface area contributed by atoms with E-state index in [2.05, 4.69) is 31.2 Å². The van der Waals surface area contributed by atoms with E-state index < -0.39 is 5.97 Å². The minimum Gasteiger partial charge on any atom is -0.490 e. The van der Waals surface area contributed by atoms with Gasteiger partial charge in [-0.25, -0.2) is 10.2 Å². The average Bonchev–Trinajstić information content (AvgIpc) is 2.69. The molecule has 0 spiro atoms. The van der Waals surface area contributed by atoms with Gasteiger partial charge in [0, 0.05) is 0 Å². The van der Waals surface area contributed by atoms with Gasteiger partial charge >= 0.3 is 5.97 Å². The van der Waals surface area contributed by atoms with Crippen LogP contribution in [0.4, 0.5) is 0 Å². The molecule has 0 aliphatic carbocycles. The molecule has 0 saturated carbocycles. The highest BCUT2D eigenvalue weighted by Gasteiger charge is 2.14. The molecule has 8 heteroatoms. The SMILES string of the molecule is CCOc1cc(/C=N\NC(=O)Cc2ccc(C)cc2C)cc(Br)c1OCC(=O)OC. The third-order valence-electron chi connectivity index (χ3n) is 4.15. The lowest BCUT2D eigenvalue weighted by molar-refractivity contribution is -0.143. The maximum Gasteiger partial charge on any atom is 0.343 e. The van der Waals surface area contributed by atoms with Crippen LogP contribution in [-0.2, 0) is 20.7 Å². The van der Waals surface area contributed by atoms with E-state index in [1.807, 2.05) is 39.0 Å². The number of carbonyl (C=O) groups is 2. The molecule has 0 unspecified atom stereocenters. The number of aryl methyl sites for hydroxylation is 2. The Kier molecular flexibility index (Phi) is 8.86. The van der Waals surface area contributed by atoms with Crippen LogP contribution in [0.3, 0.4) is 0 Å². The quantitative estimate of drug-likeness (QED) is 0.338. The molecular weight excluding hydrogens is 452 g/mol. The number of nitrogens with one attached hydrogen (secondary N) is 1. The van der Waals surface area contributed by atoms with Gasteiger partial charge in [0.25, 0.3) is 0 Å². The summed E-state index contributed by atoms with van der Waals surface area (Å²) >= 11 is 3.41. The van der Waals surface area contributed by atoms with Crippen LogP contribution in [0.1, 0.15) is 29.2 Å². The molecule has 0 saturated heterocycles. The first kappa shape index (κ1) is 23.4. The summed E-state index contributed by atoms with van der Waals surface area (Å²) in [4.78, 5) is 23.5. The number of nitrogens with zero attached hydrogens (tertiary/aromatic N) is 1. The molecule has 2 aromatic carbocycles. The van der Waals surface area contributed by atoms with E-state index in [1.165, 1.54) is 13.3 Å². The van der Waals surface area contributed by atoms with Gasteiger partial charge in [-0.15, -0.1) is 0 Å². The molecular formula is C22H25BrN2O5. The first-order valence-electron chi connectivity index (χ1n) is 9.38. The Morgan fingerprint density at radius 1 is 1.17 bits per heavy atom. The zero-order valence-electron chi connectivity index (χ0n) is 17.5. The summed E-state index contributed by atoms with van der Waals surface area (Å²) in [7, 11) is 1.29. The number of ether oxygens (including phenoxy) is 3. The van der Waals surface area contributed by atoms with Gasteiger partial charge in [-0.05, 0) is 65.5 Å². The molecule has 7 nitrogen and oxygen atoms in total. The predicted octanol–water partition coefficient (Wildman–Crippen LogP) is 3.71. The Bertz CT molecular complexity index is 943. The van der Waals surface area contributed by atoms with Crippen LogP contribution in [0.15, 0.2) is 39.9 Å². The lowest BCUT2D eigenvalue weighted by atomic mass is 10.0. The van der Waals surface area contributed by atoms with E-state index in [4.69, 9.17) is 9.47 Å². The van der Waals surface area contributed by atoms with E-state index in [-0.39, 0.29) is 18.9 Å². The second-order valence-electron chi connectivity index (χ2n) is 6.53. The van der Waals surface area contributed by atoms with Crippen molar-refractivity contribution in [2.45, 2.75) is 27.2 Å². The number of carbonyl (C=O) groups excluding carboxylic acids is 2. The van der Waals surface area contributed by atoms with Crippen LogP contribution < -0.4 is 14.9 Å². The van der Waals surface area contributed by atoms with Gasteiger partial charge in [0.1, 0.15) is 0 Å². The van der Waals surface area contributed by atoms with Crippen molar-refractivity contribution in [2.24, 2.45) is 5.10 Å². The molecule has 0 radical (unpaired) electrons. The molecule has 2 aromatic rings. The van der Waals surface area contributed by atoms with Crippen molar-refractivity contribution in [1.82, 2.24) is 5.43 Å². The van der Waals surface area contributed by atoms with Crippen LogP contribution in [-0.4, -0.2) is 38.4 Å². The molecule has 0 heterocycles. The van der Waals surface area contributed by atoms with Gasteiger partial charge in [0.2, 0.25) is 5.91 Å². The Balaban J connectivity index is 2.06. The molecule has 2 rings (SSSR count). The van der Waals surface area contributed by atoms with Crippen LogP contribution >= 0.6 is 15.9 Å². The number of amides is 1. The summed E-state index contributed by atoms with van der Waals surface area (Å²) in [6.45, 7) is 6.01. The molecule has 160 valence electrons. The number of rotatable bonds is 9. The van der Waals surface area contributed by atoms with Crippen molar-refractivity contribution in [2.75, 3.05) is 20.3 Å². The van der Waals surface area contributed by atoms with E-state index >= 15 is 0 Å². The third kappa shape index (κ3) is 6.88. The largest absolute Gasteiger partial charge is 0.490 e. The van der Waals surface area contributed by atoms with Crippen LogP contribution in [0.25, 0.3) is 0 Å². The van der Waals surface area contributed by atoms with Gasteiger partial charge in [0.15, 0.2) is 18.1 Å². The molecule has 1 N–H and O–H groups in total. The monoisotopic (exact) mass is 476 g/mol. The number of esters is 1. The highest BCUT2D eigenvalue weighted by Crippen LogP contribution is 2.36. The highest BCUT2D eigenvalue weighted by atomic mass is 79.9. The normalized spacial score (nSPS) is 10.7. The van der Waals surface area contributed by atoms with Gasteiger partial charge in [0.05, 0.1) is 30.8 Å². The molecule has 1 amide bonds. The average molecular weight is 477 g/mol. The minimum atomic E-state index is -0.499. The smallest absolute Gasteiger partial charge is 0.343 e. The lowest BCUT2D eigenvalue weighted by Gasteiger charge is -2.13. The van der Waals surface area contributed by atoms with E-state index in [0.29, 0.717) is 28.1 Å². The summed E-state index contributed by atoms with van der Waals surface area (Å²) in [5.41, 5.74) is 6.41. The molecule has 0 aliphatic heterocycles. The van der Waals surface area contributed by atoms with Gasteiger partial charge in [-0.1, -0.05) is 23.8 Å². The fraction of sp³-hybridized carbons (Fsp3) is 0.318. The standard InChI is InChI=1S/C22H25BrN2O5/c1-5-29-19-10-16(9-18(23)22(19)30-13-21(27)28-4)12-24-25-20(26)11-17-7-6-14(2)8-15(17)3/h6-10,12H,5,11,13H2,1-4H3,(H,25,26)/b24-12-. The number of hydrazone groups is 1. The van der Waals surface area contributed by atoms with Crippen molar-refractivity contribution in [1.29, 1.82) is 0 Å². The summed E-state index contributed by atoms with van der Waals surface area (Å²) in [6.07, 6.45) is 1.76. The van der Waals surface area contributed by atoms with Crippen molar-refractivity contribution in [3.8, 4) is 11.5 Å². The molecule has 0 bridgehead atoms. The second kappa shape index (κ2) is 11.3. The first-order chi connectivity index (χ1) is 14.3. The van der Waals surface area contributed by atoms with Crippen molar-refractivity contribution in [3.63, 3.8) is 0 Å². The van der Waals surface area contributed by atoms with Crippen molar-refractivity contribution < 1.29 is 23.8 Å². The van der Waals surface area contributed by atoms with Crippen LogP contribution in [0, 0.1) is 13.8 Å². The van der Waals surface area contributed by atoms with Gasteiger partial charge in [-0.2, -0.15) is 5.10 Å². The van der Waals surface area contributed by atoms with Crippen molar-refractivity contribution in [3.05, 3.63) is 57.1 Å². The molecule has 0 atom stereocenters. The van der Waals surface area contributed by atoms with Gasteiger partial charge < -0.3 is 14.2 Å². The number of hydrogen-bond acceptors (Lipinski definition) is 6.